The number of likely N-dealkylation sites (tertiary alicyclic amines) is 1. The average molecular weight is 400 g/mol. The van der Waals surface area contributed by atoms with Crippen LogP contribution in [0.3, 0.4) is 0 Å². The molecule has 0 unspecified atom stereocenters. The minimum atomic E-state index is -0.195. The molecule has 1 heterocycles. The van der Waals surface area contributed by atoms with Crippen molar-refractivity contribution < 1.29 is 9.59 Å². The molecule has 2 aromatic carbocycles. The van der Waals surface area contributed by atoms with Crippen LogP contribution in [0, 0.1) is 0 Å². The first kappa shape index (κ1) is 20.2. The second-order valence-corrected chi connectivity index (χ2v) is 7.54. The Bertz CT molecular complexity index is 772. The number of nitrogens with zero attached hydrogens (tertiary/aromatic N) is 1. The lowest BCUT2D eigenvalue weighted by molar-refractivity contribution is -0.132. The Morgan fingerprint density at radius 2 is 1.68 bits per heavy atom. The number of piperidine rings is 1. The van der Waals surface area contributed by atoms with Crippen LogP contribution in [-0.2, 0) is 11.2 Å². The summed E-state index contributed by atoms with van der Waals surface area (Å²) in [5, 5.41) is 6.56. The SMILES string of the molecule is O=C(Nc1ccccc1)NC1CCN(C(=O)CCCc2ccc(Cl)cc2)CC1. The average Bonchev–Trinajstić information content (AvgIpc) is 2.70. The fourth-order valence-corrected chi connectivity index (χ4v) is 3.53. The van der Waals surface area contributed by atoms with E-state index in [1.54, 1.807) is 0 Å². The fraction of sp³-hybridized carbons (Fsp3) is 0.364. The smallest absolute Gasteiger partial charge is 0.319 e. The van der Waals surface area contributed by atoms with Gasteiger partial charge in [-0.05, 0) is 55.5 Å². The van der Waals surface area contributed by atoms with E-state index < -0.39 is 0 Å². The summed E-state index contributed by atoms with van der Waals surface area (Å²) < 4.78 is 0. The standard InChI is InChI=1S/C22H26ClN3O2/c23-18-11-9-17(10-12-18)5-4-8-21(27)26-15-13-20(14-16-26)25-22(28)24-19-6-2-1-3-7-19/h1-3,6-7,9-12,20H,4-5,8,13-16H2,(H2,24,25,28). The summed E-state index contributed by atoms with van der Waals surface area (Å²) in [7, 11) is 0. The lowest BCUT2D eigenvalue weighted by Gasteiger charge is -2.32. The molecule has 28 heavy (non-hydrogen) atoms. The molecule has 148 valence electrons. The Kier molecular flexibility index (Phi) is 7.31. The zero-order chi connectivity index (χ0) is 19.8. The molecule has 0 aromatic heterocycles. The molecule has 1 aliphatic heterocycles. The molecule has 0 bridgehead atoms. The fourth-order valence-electron chi connectivity index (χ4n) is 3.40. The number of carbonyl (C=O) groups is 2. The van der Waals surface area contributed by atoms with Crippen molar-refractivity contribution in [3.63, 3.8) is 0 Å². The number of nitrogens with one attached hydrogen (secondary N) is 2. The molecule has 3 rings (SSSR count). The minimum Gasteiger partial charge on any atom is -0.343 e. The Morgan fingerprint density at radius 3 is 2.36 bits per heavy atom. The van der Waals surface area contributed by atoms with Gasteiger partial charge in [0, 0.05) is 36.3 Å². The quantitative estimate of drug-likeness (QED) is 0.752. The summed E-state index contributed by atoms with van der Waals surface area (Å²) in [6.07, 6.45) is 3.82. The number of aryl methyl sites for hydroxylation is 1. The molecule has 1 fully saturated rings. The summed E-state index contributed by atoms with van der Waals surface area (Å²) in [6.45, 7) is 1.38. The van der Waals surface area contributed by atoms with E-state index in [1.807, 2.05) is 59.5 Å². The Hall–Kier alpha value is -2.53. The Morgan fingerprint density at radius 1 is 1.00 bits per heavy atom. The second kappa shape index (κ2) is 10.1. The summed E-state index contributed by atoms with van der Waals surface area (Å²) in [6, 6.07) is 17.0. The number of halogens is 1. The van der Waals surface area contributed by atoms with Gasteiger partial charge in [-0.15, -0.1) is 0 Å². The predicted molar refractivity (Wildman–Crippen MR) is 113 cm³/mol. The van der Waals surface area contributed by atoms with Crippen LogP contribution in [0.1, 0.15) is 31.2 Å². The molecule has 0 saturated carbocycles. The number of anilines is 1. The first-order chi connectivity index (χ1) is 13.6. The largest absolute Gasteiger partial charge is 0.343 e. The van der Waals surface area contributed by atoms with E-state index in [2.05, 4.69) is 10.6 Å². The maximum Gasteiger partial charge on any atom is 0.319 e. The van der Waals surface area contributed by atoms with Gasteiger partial charge in [0.05, 0.1) is 0 Å². The van der Waals surface area contributed by atoms with Crippen LogP contribution < -0.4 is 10.6 Å². The summed E-state index contributed by atoms with van der Waals surface area (Å²) in [5.74, 6) is 0.196. The maximum absolute atomic E-state index is 12.4. The highest BCUT2D eigenvalue weighted by Gasteiger charge is 2.23. The van der Waals surface area contributed by atoms with Gasteiger partial charge < -0.3 is 15.5 Å². The summed E-state index contributed by atoms with van der Waals surface area (Å²) >= 11 is 5.89. The van der Waals surface area contributed by atoms with E-state index in [0.717, 1.165) is 36.4 Å². The van der Waals surface area contributed by atoms with Crippen LogP contribution in [0.25, 0.3) is 0 Å². The van der Waals surface area contributed by atoms with Crippen molar-refractivity contribution in [2.24, 2.45) is 0 Å². The van der Waals surface area contributed by atoms with Crippen molar-refractivity contribution in [1.29, 1.82) is 0 Å². The molecule has 0 aliphatic carbocycles. The molecular formula is C22H26ClN3O2. The van der Waals surface area contributed by atoms with Crippen LogP contribution in [0.2, 0.25) is 5.02 Å². The molecule has 3 amide bonds. The number of para-hydroxylation sites is 1. The number of rotatable bonds is 6. The first-order valence-corrected chi connectivity index (χ1v) is 10.1. The van der Waals surface area contributed by atoms with E-state index in [1.165, 1.54) is 5.56 Å². The van der Waals surface area contributed by atoms with Crippen molar-refractivity contribution >= 4 is 29.2 Å². The lowest BCUT2D eigenvalue weighted by atomic mass is 10.0. The maximum atomic E-state index is 12.4. The third-order valence-corrected chi connectivity index (χ3v) is 5.24. The molecule has 6 heteroatoms. The van der Waals surface area contributed by atoms with Crippen LogP contribution in [0.5, 0.6) is 0 Å². The van der Waals surface area contributed by atoms with Gasteiger partial charge in [0.25, 0.3) is 0 Å². The van der Waals surface area contributed by atoms with Gasteiger partial charge in [-0.1, -0.05) is 41.9 Å². The molecule has 2 aromatic rings. The number of amides is 3. The topological polar surface area (TPSA) is 61.4 Å². The van der Waals surface area contributed by atoms with Gasteiger partial charge in [-0.25, -0.2) is 4.79 Å². The van der Waals surface area contributed by atoms with E-state index in [9.17, 15) is 9.59 Å². The van der Waals surface area contributed by atoms with Crippen molar-refractivity contribution in [2.75, 3.05) is 18.4 Å². The molecule has 1 saturated heterocycles. The number of hydrogen-bond acceptors (Lipinski definition) is 2. The van der Waals surface area contributed by atoms with Crippen molar-refractivity contribution in [2.45, 2.75) is 38.1 Å². The number of benzene rings is 2. The van der Waals surface area contributed by atoms with Crippen LogP contribution >= 0.6 is 11.6 Å². The van der Waals surface area contributed by atoms with E-state index >= 15 is 0 Å². The predicted octanol–water partition coefficient (Wildman–Crippen LogP) is 4.48. The molecule has 0 atom stereocenters. The van der Waals surface area contributed by atoms with E-state index in [-0.39, 0.29) is 18.0 Å². The van der Waals surface area contributed by atoms with Crippen LogP contribution in [0.4, 0.5) is 10.5 Å². The zero-order valence-electron chi connectivity index (χ0n) is 15.9. The van der Waals surface area contributed by atoms with Gasteiger partial charge in [0.2, 0.25) is 5.91 Å². The summed E-state index contributed by atoms with van der Waals surface area (Å²) in [4.78, 5) is 26.4. The monoisotopic (exact) mass is 399 g/mol. The highest BCUT2D eigenvalue weighted by atomic mass is 35.5. The number of carbonyl (C=O) groups excluding carboxylic acids is 2. The van der Waals surface area contributed by atoms with Crippen LogP contribution in [0.15, 0.2) is 54.6 Å². The van der Waals surface area contributed by atoms with Gasteiger partial charge in [-0.2, -0.15) is 0 Å². The normalized spacial score (nSPS) is 14.5. The number of urea groups is 1. The van der Waals surface area contributed by atoms with E-state index in [4.69, 9.17) is 11.6 Å². The molecule has 5 nitrogen and oxygen atoms in total. The van der Waals surface area contributed by atoms with Crippen molar-refractivity contribution in [3.8, 4) is 0 Å². The Labute approximate surface area is 171 Å². The first-order valence-electron chi connectivity index (χ1n) is 9.75. The highest BCUT2D eigenvalue weighted by Crippen LogP contribution is 2.15. The molecule has 2 N–H and O–H groups in total. The highest BCUT2D eigenvalue weighted by molar-refractivity contribution is 6.30. The molecule has 0 radical (unpaired) electrons. The third-order valence-electron chi connectivity index (χ3n) is 4.98. The second-order valence-electron chi connectivity index (χ2n) is 7.10. The lowest BCUT2D eigenvalue weighted by Crippen LogP contribution is -2.47. The van der Waals surface area contributed by atoms with Crippen molar-refractivity contribution in [3.05, 3.63) is 65.2 Å². The molecular weight excluding hydrogens is 374 g/mol. The van der Waals surface area contributed by atoms with Crippen LogP contribution in [-0.4, -0.2) is 36.0 Å². The number of hydrogen-bond donors (Lipinski definition) is 2. The van der Waals surface area contributed by atoms with Gasteiger partial charge in [0.15, 0.2) is 0 Å². The Balaban J connectivity index is 1.34. The van der Waals surface area contributed by atoms with E-state index in [0.29, 0.717) is 19.5 Å². The third kappa shape index (κ3) is 6.27. The van der Waals surface area contributed by atoms with Gasteiger partial charge in [0.1, 0.15) is 0 Å². The van der Waals surface area contributed by atoms with Gasteiger partial charge >= 0.3 is 6.03 Å². The summed E-state index contributed by atoms with van der Waals surface area (Å²) in [5.41, 5.74) is 1.97. The van der Waals surface area contributed by atoms with Crippen molar-refractivity contribution in [1.82, 2.24) is 10.2 Å². The zero-order valence-corrected chi connectivity index (χ0v) is 16.6. The molecule has 0 spiro atoms. The molecule has 1 aliphatic rings. The minimum absolute atomic E-state index is 0.0989. The van der Waals surface area contributed by atoms with Gasteiger partial charge in [-0.3, -0.25) is 4.79 Å².